The first-order valence-electron chi connectivity index (χ1n) is 5.20. The molecule has 0 bridgehead atoms. The molecule has 1 aromatic rings. The maximum absolute atomic E-state index is 11.3. The quantitative estimate of drug-likeness (QED) is 0.790. The average molecular weight is 253 g/mol. The third-order valence-electron chi connectivity index (χ3n) is 2.89. The van der Waals surface area contributed by atoms with E-state index in [9.17, 15) is 8.42 Å². The van der Waals surface area contributed by atoms with Gasteiger partial charge >= 0.3 is 0 Å². The van der Waals surface area contributed by atoms with Crippen LogP contribution in [0.4, 0.5) is 0 Å². The summed E-state index contributed by atoms with van der Waals surface area (Å²) in [7, 11) is -3.15. The fourth-order valence-electron chi connectivity index (χ4n) is 1.84. The monoisotopic (exact) mass is 253 g/mol. The molecule has 5 nitrogen and oxygen atoms in total. The van der Waals surface area contributed by atoms with Crippen LogP contribution >= 0.6 is 0 Å². The maximum atomic E-state index is 11.3. The summed E-state index contributed by atoms with van der Waals surface area (Å²) in [5, 5.41) is 3.08. The van der Waals surface area contributed by atoms with Crippen LogP contribution in [0.2, 0.25) is 0 Å². The summed E-state index contributed by atoms with van der Waals surface area (Å²) in [6.07, 6.45) is 1.19. The van der Waals surface area contributed by atoms with Gasteiger partial charge in [-0.25, -0.2) is 8.42 Å². The Balaban J connectivity index is 2.31. The summed E-state index contributed by atoms with van der Waals surface area (Å²) in [6, 6.07) is 6.78. The zero-order valence-corrected chi connectivity index (χ0v) is 10.6. The highest BCUT2D eigenvalue weighted by atomic mass is 32.2. The van der Waals surface area contributed by atoms with Crippen molar-refractivity contribution in [2.75, 3.05) is 12.8 Å². The molecule has 0 spiro atoms. The highest BCUT2D eigenvalue weighted by Crippen LogP contribution is 2.25. The van der Waals surface area contributed by atoms with E-state index in [-0.39, 0.29) is 5.54 Å². The smallest absolute Gasteiger partial charge is 0.189 e. The van der Waals surface area contributed by atoms with E-state index in [0.29, 0.717) is 17.4 Å². The summed E-state index contributed by atoms with van der Waals surface area (Å²) < 4.78 is 22.7. The topological polar surface area (TPSA) is 84.5 Å². The van der Waals surface area contributed by atoms with Crippen LogP contribution in [-0.4, -0.2) is 27.2 Å². The van der Waals surface area contributed by atoms with Crippen molar-refractivity contribution >= 4 is 15.8 Å². The average Bonchev–Trinajstić information content (AvgIpc) is 2.59. The molecule has 1 aliphatic rings. The zero-order valence-electron chi connectivity index (χ0n) is 9.77. The molecule has 1 aliphatic heterocycles. The lowest BCUT2D eigenvalue weighted by Crippen LogP contribution is -2.42. The van der Waals surface area contributed by atoms with Crippen LogP contribution in [0, 0.1) is 0 Å². The van der Waals surface area contributed by atoms with E-state index < -0.39 is 9.84 Å². The molecule has 17 heavy (non-hydrogen) atoms. The van der Waals surface area contributed by atoms with Gasteiger partial charge < -0.3 is 11.1 Å². The normalized spacial score (nSPS) is 24.2. The van der Waals surface area contributed by atoms with Crippen LogP contribution in [0.5, 0.6) is 0 Å². The Hall–Kier alpha value is -1.56. The molecule has 1 atom stereocenters. The number of nitrogens with two attached hydrogens (primary N) is 1. The van der Waals surface area contributed by atoms with Crippen molar-refractivity contribution < 1.29 is 8.42 Å². The minimum absolute atomic E-state index is 0.316. The Bertz CT molecular complexity index is 563. The Morgan fingerprint density at radius 3 is 2.35 bits per heavy atom. The number of nitrogens with one attached hydrogen (secondary N) is 1. The first kappa shape index (κ1) is 11.9. The highest BCUT2D eigenvalue weighted by molar-refractivity contribution is 7.90. The fourth-order valence-corrected chi connectivity index (χ4v) is 2.47. The highest BCUT2D eigenvalue weighted by Gasteiger charge is 2.31. The van der Waals surface area contributed by atoms with Gasteiger partial charge in [-0.15, -0.1) is 0 Å². The van der Waals surface area contributed by atoms with Gasteiger partial charge in [0.1, 0.15) is 0 Å². The number of nitrogens with zero attached hydrogens (tertiary/aromatic N) is 1. The largest absolute Gasteiger partial charge is 0.370 e. The lowest BCUT2D eigenvalue weighted by molar-refractivity contribution is 0.479. The standard InChI is InChI=1S/C11H15N3O2S/c1-11(7-13-10(12)14-11)8-3-5-9(6-4-8)17(2,15)16/h3-6H,7H2,1-2H3,(H3,12,13,14). The van der Waals surface area contributed by atoms with Crippen LogP contribution in [0.15, 0.2) is 34.2 Å². The van der Waals surface area contributed by atoms with Crippen LogP contribution in [0.1, 0.15) is 12.5 Å². The van der Waals surface area contributed by atoms with Crippen molar-refractivity contribution in [3.8, 4) is 0 Å². The molecule has 0 fully saturated rings. The Morgan fingerprint density at radius 1 is 1.35 bits per heavy atom. The van der Waals surface area contributed by atoms with Crippen LogP contribution in [0.3, 0.4) is 0 Å². The van der Waals surface area contributed by atoms with Crippen LogP contribution in [-0.2, 0) is 15.4 Å². The molecule has 0 saturated carbocycles. The van der Waals surface area contributed by atoms with Gasteiger partial charge in [-0.3, -0.25) is 4.99 Å². The molecule has 6 heteroatoms. The molecule has 0 radical (unpaired) electrons. The van der Waals surface area contributed by atoms with Gasteiger partial charge in [0.15, 0.2) is 15.8 Å². The van der Waals surface area contributed by atoms with Crippen molar-refractivity contribution in [3.63, 3.8) is 0 Å². The minimum Gasteiger partial charge on any atom is -0.370 e. The maximum Gasteiger partial charge on any atom is 0.189 e. The van der Waals surface area contributed by atoms with E-state index in [1.165, 1.54) is 6.26 Å². The molecule has 92 valence electrons. The fraction of sp³-hybridized carbons (Fsp3) is 0.364. The van der Waals surface area contributed by atoms with Gasteiger partial charge in [-0.1, -0.05) is 12.1 Å². The molecule has 2 rings (SSSR count). The molecule has 1 unspecified atom stereocenters. The third kappa shape index (κ3) is 2.26. The lowest BCUT2D eigenvalue weighted by Gasteiger charge is -2.24. The van der Waals surface area contributed by atoms with Gasteiger partial charge in [0.25, 0.3) is 0 Å². The zero-order chi connectivity index (χ0) is 12.7. The van der Waals surface area contributed by atoms with E-state index in [4.69, 9.17) is 5.73 Å². The predicted molar refractivity (Wildman–Crippen MR) is 66.5 cm³/mol. The Morgan fingerprint density at radius 2 is 1.94 bits per heavy atom. The van der Waals surface area contributed by atoms with Crippen LogP contribution in [0.25, 0.3) is 0 Å². The second-order valence-electron chi connectivity index (χ2n) is 4.46. The van der Waals surface area contributed by atoms with Crippen molar-refractivity contribution in [3.05, 3.63) is 29.8 Å². The molecule has 0 saturated heterocycles. The molecule has 1 aromatic carbocycles. The number of hydrogen-bond acceptors (Lipinski definition) is 5. The summed E-state index contributed by atoms with van der Waals surface area (Å²) in [6.45, 7) is 2.53. The van der Waals surface area contributed by atoms with Crippen molar-refractivity contribution in [1.82, 2.24) is 5.32 Å². The van der Waals surface area contributed by atoms with E-state index >= 15 is 0 Å². The summed E-state index contributed by atoms with van der Waals surface area (Å²) >= 11 is 0. The first-order chi connectivity index (χ1) is 7.81. The Labute approximate surface area is 101 Å². The van der Waals surface area contributed by atoms with Gasteiger partial charge in [0, 0.05) is 6.26 Å². The predicted octanol–water partition coefficient (Wildman–Crippen LogP) is 0.223. The summed E-state index contributed by atoms with van der Waals surface area (Å²) in [4.78, 5) is 4.42. The van der Waals surface area contributed by atoms with Gasteiger partial charge in [-0.05, 0) is 24.6 Å². The minimum atomic E-state index is -3.15. The third-order valence-corrected chi connectivity index (χ3v) is 4.02. The molecule has 0 aromatic heterocycles. The molecule has 0 aliphatic carbocycles. The first-order valence-corrected chi connectivity index (χ1v) is 7.09. The molecular formula is C11H15N3O2S. The number of guanidine groups is 1. The summed E-state index contributed by atoms with van der Waals surface area (Å²) in [5.74, 6) is 0.416. The van der Waals surface area contributed by atoms with Gasteiger partial charge in [-0.2, -0.15) is 0 Å². The molecule has 1 heterocycles. The van der Waals surface area contributed by atoms with Crippen LogP contribution < -0.4 is 11.1 Å². The SMILES string of the molecule is CC1(c2ccc(S(C)(=O)=O)cc2)CN=C(N)N1. The van der Waals surface area contributed by atoms with E-state index in [1.54, 1.807) is 24.3 Å². The van der Waals surface area contributed by atoms with Crippen molar-refractivity contribution in [1.29, 1.82) is 0 Å². The number of aliphatic imine (C=N–C) groups is 1. The Kier molecular flexibility index (Phi) is 2.61. The number of sulfone groups is 1. The molecular weight excluding hydrogens is 238 g/mol. The van der Waals surface area contributed by atoms with Gasteiger partial charge in [0.05, 0.1) is 17.0 Å². The molecule has 0 amide bonds. The lowest BCUT2D eigenvalue weighted by atomic mass is 9.93. The van der Waals surface area contributed by atoms with Gasteiger partial charge in [0.2, 0.25) is 0 Å². The number of benzene rings is 1. The number of rotatable bonds is 2. The van der Waals surface area contributed by atoms with E-state index in [1.807, 2.05) is 6.92 Å². The van der Waals surface area contributed by atoms with Crippen molar-refractivity contribution in [2.45, 2.75) is 17.4 Å². The second kappa shape index (κ2) is 3.73. The van der Waals surface area contributed by atoms with E-state index in [2.05, 4.69) is 10.3 Å². The van der Waals surface area contributed by atoms with E-state index in [0.717, 1.165) is 5.56 Å². The van der Waals surface area contributed by atoms with Crippen molar-refractivity contribution in [2.24, 2.45) is 10.7 Å². The number of hydrogen-bond donors (Lipinski definition) is 2. The molecule has 3 N–H and O–H groups in total. The summed E-state index contributed by atoms with van der Waals surface area (Å²) in [5.41, 5.74) is 6.21. The second-order valence-corrected chi connectivity index (χ2v) is 6.47.